The van der Waals surface area contributed by atoms with E-state index in [2.05, 4.69) is 20.7 Å². The highest BCUT2D eigenvalue weighted by Crippen LogP contribution is 2.55. The molecule has 6 rings (SSSR count). The summed E-state index contributed by atoms with van der Waals surface area (Å²) in [6, 6.07) is 11.9. The number of aromatic carboxylic acids is 1. The fraction of sp³-hybridized carbons (Fsp3) is 0.296. The number of aryl methyl sites for hydroxylation is 1. The van der Waals surface area contributed by atoms with Crippen LogP contribution in [0.4, 0.5) is 4.39 Å². The first-order chi connectivity index (χ1) is 17.9. The van der Waals surface area contributed by atoms with Gasteiger partial charge in [0.15, 0.2) is 0 Å². The Morgan fingerprint density at radius 2 is 1.95 bits per heavy atom. The first-order valence-corrected chi connectivity index (χ1v) is 12.3. The Morgan fingerprint density at radius 1 is 1.14 bits per heavy atom. The van der Waals surface area contributed by atoms with E-state index in [1.807, 2.05) is 6.20 Å². The molecule has 0 saturated heterocycles. The number of nitrogens with one attached hydrogen (secondary N) is 1. The molecular weight excluding hydrogens is 475 g/mol. The quantitative estimate of drug-likeness (QED) is 0.379. The van der Waals surface area contributed by atoms with Crippen LogP contribution in [0.1, 0.15) is 63.2 Å². The molecule has 1 amide bonds. The van der Waals surface area contributed by atoms with Gasteiger partial charge in [-0.05, 0) is 48.9 Å². The summed E-state index contributed by atoms with van der Waals surface area (Å²) in [6.45, 7) is 0.558. The van der Waals surface area contributed by atoms with E-state index in [1.165, 1.54) is 12.3 Å². The summed E-state index contributed by atoms with van der Waals surface area (Å²) >= 11 is 0. The minimum Gasteiger partial charge on any atom is -0.478 e. The molecule has 2 aliphatic rings. The monoisotopic (exact) mass is 500 g/mol. The van der Waals surface area contributed by atoms with E-state index in [-0.39, 0.29) is 28.5 Å². The number of amides is 1. The third-order valence-electron chi connectivity index (χ3n) is 7.07. The van der Waals surface area contributed by atoms with Crippen molar-refractivity contribution in [3.8, 4) is 16.8 Å². The lowest BCUT2D eigenvalue weighted by atomic mass is 10.0. The van der Waals surface area contributed by atoms with Gasteiger partial charge in [0, 0.05) is 37.2 Å². The van der Waals surface area contributed by atoms with Crippen LogP contribution in [-0.2, 0) is 7.05 Å². The number of carbonyl (C=O) groups excluding carboxylic acids is 1. The molecule has 2 heterocycles. The van der Waals surface area contributed by atoms with Crippen LogP contribution in [-0.4, -0.2) is 48.3 Å². The zero-order valence-electron chi connectivity index (χ0n) is 20.1. The molecule has 4 aromatic rings. The van der Waals surface area contributed by atoms with E-state index in [9.17, 15) is 14.7 Å². The Morgan fingerprint density at radius 3 is 2.68 bits per heavy atom. The van der Waals surface area contributed by atoms with Gasteiger partial charge in [-0.25, -0.2) is 13.9 Å². The number of halogens is 1. The lowest BCUT2D eigenvalue weighted by Gasteiger charge is -2.12. The number of benzene rings is 2. The van der Waals surface area contributed by atoms with Gasteiger partial charge in [0.05, 0.1) is 28.8 Å². The predicted octanol–water partition coefficient (Wildman–Crippen LogP) is 3.92. The minimum absolute atomic E-state index is 0.00119. The molecule has 9 nitrogen and oxygen atoms in total. The van der Waals surface area contributed by atoms with Gasteiger partial charge in [-0.15, -0.1) is 5.10 Å². The number of hydrogen-bond acceptors (Lipinski definition) is 5. The zero-order chi connectivity index (χ0) is 25.7. The van der Waals surface area contributed by atoms with Gasteiger partial charge in [0.1, 0.15) is 11.4 Å². The summed E-state index contributed by atoms with van der Waals surface area (Å²) in [7, 11) is 1.79. The molecule has 0 spiro atoms. The van der Waals surface area contributed by atoms with E-state index in [1.54, 1.807) is 52.8 Å². The van der Waals surface area contributed by atoms with E-state index < -0.39 is 17.7 Å². The van der Waals surface area contributed by atoms with Crippen LogP contribution in [0.2, 0.25) is 0 Å². The molecule has 188 valence electrons. The van der Waals surface area contributed by atoms with Crippen molar-refractivity contribution in [3.05, 3.63) is 83.2 Å². The highest BCUT2D eigenvalue weighted by atomic mass is 19.1. The standard InChI is InChI=1S/C27H25FN6O3/c1-33-14-23(31-32-33)20-11-21(20)25-22(27(36)37)13-30-34(25)17-5-2-4-16(10-17)18-6-3-7-19(24(18)28)26(35)29-12-15-8-9-15/h2-7,10,13-15,20-21H,8-9,11-12H2,1H3,(H,29,35)(H,36,37)/t20-,21-/m1/s1. The van der Waals surface area contributed by atoms with Gasteiger partial charge in [-0.2, -0.15) is 5.10 Å². The molecule has 2 saturated carbocycles. The van der Waals surface area contributed by atoms with Gasteiger partial charge in [0.25, 0.3) is 5.91 Å². The number of rotatable bonds is 8. The molecule has 0 unspecified atom stereocenters. The Balaban J connectivity index is 1.34. The van der Waals surface area contributed by atoms with Gasteiger partial charge in [-0.1, -0.05) is 29.5 Å². The largest absolute Gasteiger partial charge is 0.478 e. The molecule has 0 bridgehead atoms. The number of nitrogens with zero attached hydrogens (tertiary/aromatic N) is 5. The van der Waals surface area contributed by atoms with Gasteiger partial charge < -0.3 is 10.4 Å². The SMILES string of the molecule is Cn1cc([C@@H]2C[C@H]2c2c(C(=O)O)cnn2-c2cccc(-c3cccc(C(=O)NCC4CC4)c3F)c2)nn1. The fourth-order valence-corrected chi connectivity index (χ4v) is 4.83. The van der Waals surface area contributed by atoms with Crippen molar-refractivity contribution in [1.82, 2.24) is 30.1 Å². The molecule has 2 aromatic carbocycles. The second-order valence-electron chi connectivity index (χ2n) is 9.80. The Hall–Kier alpha value is -4.34. The van der Waals surface area contributed by atoms with Crippen LogP contribution >= 0.6 is 0 Å². The highest BCUT2D eigenvalue weighted by molar-refractivity contribution is 5.96. The van der Waals surface area contributed by atoms with Crippen LogP contribution in [0.25, 0.3) is 16.8 Å². The van der Waals surface area contributed by atoms with Gasteiger partial charge in [0.2, 0.25) is 0 Å². The third kappa shape index (κ3) is 4.39. The van der Waals surface area contributed by atoms with Crippen molar-refractivity contribution in [1.29, 1.82) is 0 Å². The van der Waals surface area contributed by atoms with Crippen LogP contribution in [0, 0.1) is 11.7 Å². The molecule has 2 aromatic heterocycles. The summed E-state index contributed by atoms with van der Waals surface area (Å²) in [6.07, 6.45) is 6.10. The van der Waals surface area contributed by atoms with Crippen molar-refractivity contribution in [2.45, 2.75) is 31.1 Å². The van der Waals surface area contributed by atoms with Crippen molar-refractivity contribution >= 4 is 11.9 Å². The maximum atomic E-state index is 15.5. The number of carbonyl (C=O) groups is 2. The molecule has 2 N–H and O–H groups in total. The number of carboxylic acid groups (broad SMARTS) is 1. The van der Waals surface area contributed by atoms with Crippen LogP contribution < -0.4 is 5.32 Å². The molecule has 0 radical (unpaired) electrons. The van der Waals surface area contributed by atoms with Crippen molar-refractivity contribution < 1.29 is 19.1 Å². The van der Waals surface area contributed by atoms with E-state index >= 15 is 4.39 Å². The van der Waals surface area contributed by atoms with E-state index in [0.717, 1.165) is 25.0 Å². The first kappa shape index (κ1) is 23.1. The van der Waals surface area contributed by atoms with Gasteiger partial charge in [-0.3, -0.25) is 9.48 Å². The summed E-state index contributed by atoms with van der Waals surface area (Å²) in [4.78, 5) is 24.6. The lowest BCUT2D eigenvalue weighted by molar-refractivity contribution is 0.0695. The normalized spacial score (nSPS) is 18.5. The van der Waals surface area contributed by atoms with Crippen LogP contribution in [0.3, 0.4) is 0 Å². The zero-order valence-corrected chi connectivity index (χ0v) is 20.1. The van der Waals surface area contributed by atoms with E-state index in [0.29, 0.717) is 29.4 Å². The number of carboxylic acids is 1. The molecule has 2 aliphatic carbocycles. The van der Waals surface area contributed by atoms with Crippen LogP contribution in [0.5, 0.6) is 0 Å². The maximum Gasteiger partial charge on any atom is 0.339 e. The lowest BCUT2D eigenvalue weighted by Crippen LogP contribution is -2.26. The fourth-order valence-electron chi connectivity index (χ4n) is 4.83. The van der Waals surface area contributed by atoms with Gasteiger partial charge >= 0.3 is 5.97 Å². The molecule has 37 heavy (non-hydrogen) atoms. The molecular formula is C27H25FN6O3. The molecule has 0 aliphatic heterocycles. The summed E-state index contributed by atoms with van der Waals surface area (Å²) in [5.74, 6) is -1.61. The Bertz CT molecular complexity index is 1520. The molecule has 2 atom stereocenters. The number of hydrogen-bond donors (Lipinski definition) is 2. The third-order valence-corrected chi connectivity index (χ3v) is 7.07. The molecule has 2 fully saturated rings. The Labute approximate surface area is 211 Å². The minimum atomic E-state index is -1.06. The highest BCUT2D eigenvalue weighted by Gasteiger charge is 2.46. The second-order valence-corrected chi connectivity index (χ2v) is 9.80. The maximum absolute atomic E-state index is 15.5. The van der Waals surface area contributed by atoms with Crippen molar-refractivity contribution in [3.63, 3.8) is 0 Å². The van der Waals surface area contributed by atoms with Crippen molar-refractivity contribution in [2.75, 3.05) is 6.54 Å². The summed E-state index contributed by atoms with van der Waals surface area (Å²) < 4.78 is 18.7. The number of aromatic nitrogens is 5. The predicted molar refractivity (Wildman–Crippen MR) is 132 cm³/mol. The molecule has 10 heteroatoms. The average Bonchev–Trinajstić information content (AvgIpc) is 3.80. The smallest absolute Gasteiger partial charge is 0.339 e. The van der Waals surface area contributed by atoms with Crippen LogP contribution in [0.15, 0.2) is 54.9 Å². The summed E-state index contributed by atoms with van der Waals surface area (Å²) in [5, 5.41) is 25.2. The Kier molecular flexibility index (Phi) is 5.58. The first-order valence-electron chi connectivity index (χ1n) is 12.3. The topological polar surface area (TPSA) is 115 Å². The average molecular weight is 501 g/mol. The summed E-state index contributed by atoms with van der Waals surface area (Å²) in [5.41, 5.74) is 2.97. The van der Waals surface area contributed by atoms with Crippen molar-refractivity contribution in [2.24, 2.45) is 13.0 Å². The second kappa shape index (κ2) is 8.95. The van der Waals surface area contributed by atoms with E-state index in [4.69, 9.17) is 0 Å².